The van der Waals surface area contributed by atoms with Crippen LogP contribution >= 0.6 is 0 Å². The van der Waals surface area contributed by atoms with Gasteiger partial charge in [0.15, 0.2) is 11.6 Å². The summed E-state index contributed by atoms with van der Waals surface area (Å²) in [5, 5.41) is 2.86. The van der Waals surface area contributed by atoms with Crippen LogP contribution in [-0.2, 0) is 0 Å². The molecule has 0 saturated carbocycles. The van der Waals surface area contributed by atoms with Gasteiger partial charge in [-0.25, -0.2) is 13.8 Å². The summed E-state index contributed by atoms with van der Waals surface area (Å²) in [7, 11) is 0. The summed E-state index contributed by atoms with van der Waals surface area (Å²) in [6.07, 6.45) is 4.25. The highest BCUT2D eigenvalue weighted by Gasteiger charge is 2.04. The predicted octanol–water partition coefficient (Wildman–Crippen LogP) is 3.60. The van der Waals surface area contributed by atoms with Gasteiger partial charge in [-0.3, -0.25) is 0 Å². The normalized spacial score (nSPS) is 10.8. The highest BCUT2D eigenvalue weighted by Crippen LogP contribution is 2.12. The van der Waals surface area contributed by atoms with Crippen molar-refractivity contribution in [3.8, 4) is 0 Å². The Morgan fingerprint density at radius 3 is 2.69 bits per heavy atom. The first-order chi connectivity index (χ1) is 7.59. The van der Waals surface area contributed by atoms with Gasteiger partial charge in [-0.2, -0.15) is 0 Å². The van der Waals surface area contributed by atoms with Gasteiger partial charge in [-0.1, -0.05) is 26.7 Å². The first-order valence-electron chi connectivity index (χ1n) is 5.64. The fraction of sp³-hybridized carbons (Fsp3) is 0.583. The molecule has 1 heterocycles. The molecule has 0 atom stereocenters. The molecule has 0 fully saturated rings. The topological polar surface area (TPSA) is 24.9 Å². The molecule has 0 saturated heterocycles. The van der Waals surface area contributed by atoms with E-state index in [4.69, 9.17) is 0 Å². The van der Waals surface area contributed by atoms with E-state index in [1.165, 1.54) is 6.42 Å². The average Bonchev–Trinajstić information content (AvgIpc) is 2.20. The van der Waals surface area contributed by atoms with Crippen LogP contribution < -0.4 is 5.32 Å². The molecule has 0 aromatic carbocycles. The lowest BCUT2D eigenvalue weighted by Gasteiger charge is -2.07. The minimum atomic E-state index is -0.650. The quantitative estimate of drug-likeness (QED) is 0.752. The lowest BCUT2D eigenvalue weighted by atomic mass is 10.1. The molecule has 0 spiro atoms. The van der Waals surface area contributed by atoms with Crippen molar-refractivity contribution in [3.63, 3.8) is 0 Å². The maximum atomic E-state index is 13.1. The number of nitrogens with zero attached hydrogens (tertiary/aromatic N) is 1. The fourth-order valence-electron chi connectivity index (χ4n) is 1.43. The van der Waals surface area contributed by atoms with Crippen LogP contribution in [0.5, 0.6) is 0 Å². The molecule has 0 aliphatic carbocycles. The summed E-state index contributed by atoms with van der Waals surface area (Å²) in [4.78, 5) is 3.65. The van der Waals surface area contributed by atoms with Crippen LogP contribution in [0.3, 0.4) is 0 Å². The van der Waals surface area contributed by atoms with E-state index in [2.05, 4.69) is 24.1 Å². The lowest BCUT2D eigenvalue weighted by molar-refractivity contribution is 0.542. The molecular formula is C12H18F2N2. The van der Waals surface area contributed by atoms with Gasteiger partial charge in [0.05, 0.1) is 6.20 Å². The molecule has 2 nitrogen and oxygen atoms in total. The number of hydrogen-bond acceptors (Lipinski definition) is 2. The number of unbranched alkanes of at least 4 members (excludes halogenated alkanes) is 1. The smallest absolute Gasteiger partial charge is 0.168 e. The largest absolute Gasteiger partial charge is 0.368 e. The molecule has 1 N–H and O–H groups in total. The first kappa shape index (κ1) is 12.9. The Bertz CT molecular complexity index is 327. The second-order valence-electron chi connectivity index (χ2n) is 4.30. The van der Waals surface area contributed by atoms with Crippen LogP contribution in [0, 0.1) is 17.6 Å². The van der Waals surface area contributed by atoms with E-state index in [-0.39, 0.29) is 5.82 Å². The van der Waals surface area contributed by atoms with Gasteiger partial charge in [-0.15, -0.1) is 0 Å². The Hall–Kier alpha value is -1.19. The Balaban J connectivity index is 2.27. The van der Waals surface area contributed by atoms with Gasteiger partial charge in [0.2, 0.25) is 0 Å². The molecule has 4 heteroatoms. The van der Waals surface area contributed by atoms with Crippen molar-refractivity contribution in [2.75, 3.05) is 11.9 Å². The molecule has 0 amide bonds. The number of rotatable bonds is 6. The second-order valence-corrected chi connectivity index (χ2v) is 4.30. The Labute approximate surface area is 95.1 Å². The number of hydrogen-bond donors (Lipinski definition) is 1. The first-order valence-corrected chi connectivity index (χ1v) is 5.64. The Kier molecular flexibility index (Phi) is 5.15. The molecular weight excluding hydrogens is 210 g/mol. The van der Waals surface area contributed by atoms with Crippen molar-refractivity contribution in [1.82, 2.24) is 4.98 Å². The highest BCUT2D eigenvalue weighted by atomic mass is 19.1. The molecule has 0 radical (unpaired) electrons. The molecule has 90 valence electrons. The van der Waals surface area contributed by atoms with Gasteiger partial charge in [0.25, 0.3) is 0 Å². The number of aromatic nitrogens is 1. The van der Waals surface area contributed by atoms with E-state index in [0.717, 1.165) is 25.1 Å². The van der Waals surface area contributed by atoms with E-state index in [9.17, 15) is 8.78 Å². The summed E-state index contributed by atoms with van der Waals surface area (Å²) >= 11 is 0. The van der Waals surface area contributed by atoms with E-state index in [0.29, 0.717) is 12.5 Å². The summed E-state index contributed by atoms with van der Waals surface area (Å²) in [6, 6.07) is 0.837. The fourth-order valence-corrected chi connectivity index (χ4v) is 1.43. The van der Waals surface area contributed by atoms with E-state index in [1.54, 1.807) is 0 Å². The van der Waals surface area contributed by atoms with Crippen molar-refractivity contribution in [2.45, 2.75) is 33.1 Å². The van der Waals surface area contributed by atoms with Crippen LogP contribution in [0.15, 0.2) is 12.3 Å². The number of anilines is 1. The Morgan fingerprint density at radius 2 is 2.06 bits per heavy atom. The number of halogens is 2. The molecule has 1 rings (SSSR count). The maximum Gasteiger partial charge on any atom is 0.168 e. The highest BCUT2D eigenvalue weighted by molar-refractivity contribution is 5.35. The van der Waals surface area contributed by atoms with Crippen molar-refractivity contribution in [1.29, 1.82) is 0 Å². The summed E-state index contributed by atoms with van der Waals surface area (Å²) < 4.78 is 25.7. The zero-order chi connectivity index (χ0) is 12.0. The summed E-state index contributed by atoms with van der Waals surface area (Å²) in [6.45, 7) is 5.02. The van der Waals surface area contributed by atoms with Crippen LogP contribution in [0.25, 0.3) is 0 Å². The average molecular weight is 228 g/mol. The maximum absolute atomic E-state index is 13.1. The van der Waals surface area contributed by atoms with Crippen molar-refractivity contribution >= 4 is 5.82 Å². The van der Waals surface area contributed by atoms with Crippen LogP contribution in [0.2, 0.25) is 0 Å². The molecule has 0 bridgehead atoms. The SMILES string of the molecule is CC(C)CCCCNc1ncc(F)cc1F. The van der Waals surface area contributed by atoms with Crippen LogP contribution in [0.4, 0.5) is 14.6 Å². The molecule has 16 heavy (non-hydrogen) atoms. The van der Waals surface area contributed by atoms with Gasteiger partial charge in [0, 0.05) is 12.6 Å². The van der Waals surface area contributed by atoms with Gasteiger partial charge in [0.1, 0.15) is 5.82 Å². The Morgan fingerprint density at radius 1 is 1.31 bits per heavy atom. The summed E-state index contributed by atoms with van der Waals surface area (Å²) in [5.74, 6) is -0.460. The number of nitrogens with one attached hydrogen (secondary N) is 1. The van der Waals surface area contributed by atoms with Gasteiger partial charge >= 0.3 is 0 Å². The summed E-state index contributed by atoms with van der Waals surface area (Å²) in [5.41, 5.74) is 0. The standard InChI is InChI=1S/C12H18F2N2/c1-9(2)5-3-4-6-15-12-11(14)7-10(13)8-16-12/h7-9H,3-6H2,1-2H3,(H,15,16). The predicted molar refractivity (Wildman–Crippen MR) is 61.3 cm³/mol. The van der Waals surface area contributed by atoms with Crippen molar-refractivity contribution in [3.05, 3.63) is 23.9 Å². The third-order valence-electron chi connectivity index (χ3n) is 2.31. The van der Waals surface area contributed by atoms with E-state index in [1.807, 2.05) is 0 Å². The zero-order valence-corrected chi connectivity index (χ0v) is 9.76. The molecule has 0 aliphatic heterocycles. The van der Waals surface area contributed by atoms with Crippen molar-refractivity contribution in [2.24, 2.45) is 5.92 Å². The molecule has 1 aromatic rings. The van der Waals surface area contributed by atoms with Crippen LogP contribution in [-0.4, -0.2) is 11.5 Å². The van der Waals surface area contributed by atoms with Crippen LogP contribution in [0.1, 0.15) is 33.1 Å². The van der Waals surface area contributed by atoms with Crippen molar-refractivity contribution < 1.29 is 8.78 Å². The molecule has 1 aromatic heterocycles. The minimum Gasteiger partial charge on any atom is -0.368 e. The van der Waals surface area contributed by atoms with Gasteiger partial charge < -0.3 is 5.32 Å². The molecule has 0 unspecified atom stereocenters. The van der Waals surface area contributed by atoms with Gasteiger partial charge in [-0.05, 0) is 12.3 Å². The third kappa shape index (κ3) is 4.55. The minimum absolute atomic E-state index is 0.131. The zero-order valence-electron chi connectivity index (χ0n) is 9.76. The lowest BCUT2D eigenvalue weighted by Crippen LogP contribution is -2.06. The number of pyridine rings is 1. The third-order valence-corrected chi connectivity index (χ3v) is 2.31. The molecule has 0 aliphatic rings. The van der Waals surface area contributed by atoms with E-state index < -0.39 is 11.6 Å². The second kappa shape index (κ2) is 6.40. The van der Waals surface area contributed by atoms with E-state index >= 15 is 0 Å². The monoisotopic (exact) mass is 228 g/mol.